The van der Waals surface area contributed by atoms with Crippen molar-refractivity contribution in [3.63, 3.8) is 0 Å². The molecule has 2 amide bonds. The lowest BCUT2D eigenvalue weighted by molar-refractivity contribution is -0.149. The van der Waals surface area contributed by atoms with Crippen LogP contribution in [-0.2, 0) is 9.59 Å². The van der Waals surface area contributed by atoms with Crippen molar-refractivity contribution in [2.45, 2.75) is 73.8 Å². The van der Waals surface area contributed by atoms with Crippen molar-refractivity contribution in [2.75, 3.05) is 0 Å². The van der Waals surface area contributed by atoms with Crippen LogP contribution in [0.1, 0.15) is 67.7 Å². The Bertz CT molecular complexity index is 781. The van der Waals surface area contributed by atoms with Gasteiger partial charge in [-0.15, -0.1) is 0 Å². The van der Waals surface area contributed by atoms with E-state index in [4.69, 9.17) is 0 Å². The molecule has 1 unspecified atom stereocenters. The molecule has 4 nitrogen and oxygen atoms in total. The van der Waals surface area contributed by atoms with Crippen molar-refractivity contribution in [2.24, 2.45) is 11.3 Å². The number of allylic oxidation sites excluding steroid dienone is 7. The summed E-state index contributed by atoms with van der Waals surface area (Å²) in [6.07, 6.45) is 10.2. The number of hydrazine groups is 1. The summed E-state index contributed by atoms with van der Waals surface area (Å²) in [4.78, 5) is 26.4. The summed E-state index contributed by atoms with van der Waals surface area (Å²) in [6.45, 7) is 17.1. The average Bonchev–Trinajstić information content (AvgIpc) is 2.65. The van der Waals surface area contributed by atoms with E-state index in [0.717, 1.165) is 24.0 Å². The van der Waals surface area contributed by atoms with Crippen molar-refractivity contribution in [3.05, 3.63) is 59.5 Å². The van der Waals surface area contributed by atoms with E-state index in [9.17, 15) is 14.0 Å². The Morgan fingerprint density at radius 1 is 1.37 bits per heavy atom. The van der Waals surface area contributed by atoms with Crippen molar-refractivity contribution in [1.29, 1.82) is 0 Å². The van der Waals surface area contributed by atoms with Crippen molar-refractivity contribution in [3.8, 4) is 0 Å². The van der Waals surface area contributed by atoms with Gasteiger partial charge in [0, 0.05) is 0 Å². The van der Waals surface area contributed by atoms with Crippen molar-refractivity contribution in [1.82, 2.24) is 10.4 Å². The molecule has 1 rings (SSSR count). The molecule has 0 spiro atoms. The molecule has 0 saturated heterocycles. The van der Waals surface area contributed by atoms with Gasteiger partial charge in [0.2, 0.25) is 5.91 Å². The largest absolute Gasteiger partial charge is 0.272 e. The van der Waals surface area contributed by atoms with Gasteiger partial charge in [0.1, 0.15) is 5.83 Å². The molecule has 1 aliphatic rings. The predicted octanol–water partition coefficient (Wildman–Crippen LogP) is 5.96. The molecule has 0 radical (unpaired) electrons. The zero-order chi connectivity index (χ0) is 23.1. The molecule has 0 aliphatic heterocycles. The van der Waals surface area contributed by atoms with Gasteiger partial charge in [-0.2, -0.15) is 0 Å². The maximum atomic E-state index is 14.3. The maximum absolute atomic E-state index is 14.3. The smallest absolute Gasteiger partial charge is 0.268 e. The number of nitrogens with one attached hydrogen (secondary N) is 1. The number of nitrogens with zero attached hydrogens (tertiary/aromatic N) is 1. The van der Waals surface area contributed by atoms with Gasteiger partial charge in [-0.05, 0) is 45.1 Å². The van der Waals surface area contributed by atoms with Crippen LogP contribution in [0.3, 0.4) is 0 Å². The number of rotatable bonds is 7. The molecule has 0 bridgehead atoms. The zero-order valence-electron chi connectivity index (χ0n) is 19.5. The molecule has 1 N–H and O–H groups in total. The van der Waals surface area contributed by atoms with Gasteiger partial charge < -0.3 is 0 Å². The molecule has 0 fully saturated rings. The normalized spacial score (nSPS) is 18.9. The minimum absolute atomic E-state index is 0.0819. The second kappa shape index (κ2) is 11.1. The first-order valence-electron chi connectivity index (χ1n) is 10.6. The number of carbonyl (C=O) groups is 2. The van der Waals surface area contributed by atoms with E-state index < -0.39 is 11.7 Å². The number of carbonyl (C=O) groups excluding carboxylic acids is 2. The molecular weight excluding hydrogens is 379 g/mol. The van der Waals surface area contributed by atoms with Crippen LogP contribution in [0.2, 0.25) is 0 Å². The van der Waals surface area contributed by atoms with E-state index in [1.165, 1.54) is 30.2 Å². The summed E-state index contributed by atoms with van der Waals surface area (Å²) < 4.78 is 14.3. The Kier molecular flexibility index (Phi) is 9.47. The Morgan fingerprint density at radius 2 is 2.00 bits per heavy atom. The van der Waals surface area contributed by atoms with Crippen LogP contribution in [0.4, 0.5) is 4.39 Å². The number of halogens is 1. The van der Waals surface area contributed by atoms with Gasteiger partial charge in [0.15, 0.2) is 0 Å². The Balaban J connectivity index is 3.32. The molecule has 5 heteroatoms. The monoisotopic (exact) mass is 416 g/mol. The van der Waals surface area contributed by atoms with E-state index >= 15 is 0 Å². The van der Waals surface area contributed by atoms with Gasteiger partial charge in [0.05, 0.1) is 17.5 Å². The minimum Gasteiger partial charge on any atom is -0.272 e. The second-order valence-corrected chi connectivity index (χ2v) is 9.10. The highest BCUT2D eigenvalue weighted by Gasteiger charge is 2.37. The first kappa shape index (κ1) is 25.6. The minimum atomic E-state index is -0.658. The van der Waals surface area contributed by atoms with Crippen LogP contribution in [0.25, 0.3) is 0 Å². The lowest BCUT2D eigenvalue weighted by atomic mass is 9.82. The molecule has 1 aliphatic carbocycles. The van der Waals surface area contributed by atoms with Gasteiger partial charge >= 0.3 is 0 Å². The van der Waals surface area contributed by atoms with E-state index in [2.05, 4.69) is 18.1 Å². The molecule has 2 atom stereocenters. The summed E-state index contributed by atoms with van der Waals surface area (Å²) in [5.74, 6) is -1.80. The fourth-order valence-electron chi connectivity index (χ4n) is 3.64. The topological polar surface area (TPSA) is 49.4 Å². The molecule has 0 heterocycles. The maximum Gasteiger partial charge on any atom is 0.268 e. The molecule has 0 saturated carbocycles. The SMILES string of the molecule is C=C/C=C\C(F)=C(/C)C(=O)NN(C(=O)C1C=C(C)C=C(C)C1)[C@H](CCC)C(C)(C)C. The Labute approximate surface area is 181 Å². The molecule has 0 aromatic rings. The summed E-state index contributed by atoms with van der Waals surface area (Å²) in [7, 11) is 0. The highest BCUT2D eigenvalue weighted by Crippen LogP contribution is 2.31. The number of amides is 2. The summed E-state index contributed by atoms with van der Waals surface area (Å²) >= 11 is 0. The van der Waals surface area contributed by atoms with Gasteiger partial charge in [0.25, 0.3) is 5.91 Å². The third-order valence-corrected chi connectivity index (χ3v) is 5.21. The number of hydrogen-bond donors (Lipinski definition) is 1. The lowest BCUT2D eigenvalue weighted by Gasteiger charge is -2.41. The van der Waals surface area contributed by atoms with Crippen molar-refractivity contribution >= 4 is 11.8 Å². The third kappa shape index (κ3) is 7.12. The van der Waals surface area contributed by atoms with Crippen LogP contribution < -0.4 is 5.43 Å². The first-order valence-corrected chi connectivity index (χ1v) is 10.6. The predicted molar refractivity (Wildman–Crippen MR) is 122 cm³/mol. The van der Waals surface area contributed by atoms with E-state index in [-0.39, 0.29) is 28.9 Å². The highest BCUT2D eigenvalue weighted by molar-refractivity contribution is 5.95. The van der Waals surface area contributed by atoms with Crippen molar-refractivity contribution < 1.29 is 14.0 Å². The van der Waals surface area contributed by atoms with E-state index in [1.54, 1.807) is 0 Å². The van der Waals surface area contributed by atoms with Crippen LogP contribution >= 0.6 is 0 Å². The lowest BCUT2D eigenvalue weighted by Crippen LogP contribution is -2.58. The summed E-state index contributed by atoms with van der Waals surface area (Å²) in [5, 5.41) is 1.45. The molecular formula is C25H37FN2O2. The quantitative estimate of drug-likeness (QED) is 0.316. The van der Waals surface area contributed by atoms with Gasteiger partial charge in [-0.1, -0.05) is 76.1 Å². The summed E-state index contributed by atoms with van der Waals surface area (Å²) in [5.41, 5.74) is 4.54. The molecule has 30 heavy (non-hydrogen) atoms. The van der Waals surface area contributed by atoms with Crippen LogP contribution in [0.15, 0.2) is 59.5 Å². The molecule has 166 valence electrons. The number of hydrogen-bond acceptors (Lipinski definition) is 2. The molecule has 0 aromatic carbocycles. The standard InChI is InChI=1S/C25H37FN2O2/c1-9-11-13-21(26)19(5)23(29)27-28(22(12-10-2)25(6,7)8)24(30)20-15-17(3)14-18(4)16-20/h9,11,13-15,20,22H,1,10,12,16H2,2-8H3,(H,27,29)/b13-11-,21-19-/t20?,22-/m1/s1. The van der Waals surface area contributed by atoms with Crippen LogP contribution in [-0.4, -0.2) is 22.9 Å². The Morgan fingerprint density at radius 3 is 2.50 bits per heavy atom. The van der Waals surface area contributed by atoms with E-state index in [0.29, 0.717) is 6.42 Å². The van der Waals surface area contributed by atoms with Gasteiger partial charge in [-0.3, -0.25) is 15.0 Å². The fraction of sp³-hybridized carbons (Fsp3) is 0.520. The Hall–Kier alpha value is -2.43. The van der Waals surface area contributed by atoms with Gasteiger partial charge in [-0.25, -0.2) is 9.40 Å². The first-order chi connectivity index (χ1) is 13.9. The summed E-state index contributed by atoms with van der Waals surface area (Å²) in [6, 6.07) is -0.224. The molecule has 0 aromatic heterocycles. The second-order valence-electron chi connectivity index (χ2n) is 9.10. The van der Waals surface area contributed by atoms with Crippen LogP contribution in [0, 0.1) is 11.3 Å². The fourth-order valence-corrected chi connectivity index (χ4v) is 3.64. The van der Waals surface area contributed by atoms with Crippen LogP contribution in [0.5, 0.6) is 0 Å². The highest BCUT2D eigenvalue weighted by atomic mass is 19.1. The zero-order valence-corrected chi connectivity index (χ0v) is 19.5. The van der Waals surface area contributed by atoms with E-state index in [1.807, 2.05) is 47.6 Å². The third-order valence-electron chi connectivity index (χ3n) is 5.21. The average molecular weight is 417 g/mol.